The van der Waals surface area contributed by atoms with Gasteiger partial charge < -0.3 is 86.9 Å². The van der Waals surface area contributed by atoms with Crippen LogP contribution in [0.25, 0.3) is 10.9 Å². The lowest BCUT2D eigenvalue weighted by atomic mass is 9.91. The van der Waals surface area contributed by atoms with Gasteiger partial charge in [-0.05, 0) is 123 Å². The molecular weight excluding hydrogens is 1820 g/mol. The number of sulfone groups is 2. The lowest BCUT2D eigenvalue weighted by molar-refractivity contribution is -0.151. The molecule has 2 fully saturated rings. The van der Waals surface area contributed by atoms with Crippen LogP contribution in [0.4, 0.5) is 0 Å². The molecule has 0 saturated carbocycles. The molecule has 2 aliphatic heterocycles. The molecule has 14 atom stereocenters. The Morgan fingerprint density at radius 3 is 1.77 bits per heavy atom. The Balaban J connectivity index is 1.27. The third kappa shape index (κ3) is 30.5. The van der Waals surface area contributed by atoms with Crippen LogP contribution in [0.2, 0.25) is 10.0 Å². The van der Waals surface area contributed by atoms with Gasteiger partial charge in [-0.3, -0.25) is 67.1 Å². The van der Waals surface area contributed by atoms with Crippen LogP contribution in [0.3, 0.4) is 0 Å². The fourth-order valence-corrected chi connectivity index (χ4v) is 18.3. The third-order valence-corrected chi connectivity index (χ3v) is 27.3. The summed E-state index contributed by atoms with van der Waals surface area (Å²) in [6.07, 6.45) is -1.62. The van der Waals surface area contributed by atoms with Crippen LogP contribution in [0.1, 0.15) is 127 Å². The van der Waals surface area contributed by atoms with E-state index in [2.05, 4.69) is 47.2 Å². The summed E-state index contributed by atoms with van der Waals surface area (Å²) in [5.74, 6) is -19.7. The lowest BCUT2D eigenvalue weighted by Gasteiger charge is -2.36. The molecule has 0 radical (unpaired) electrons. The minimum atomic E-state index is -4.07. The van der Waals surface area contributed by atoms with Gasteiger partial charge in [-0.1, -0.05) is 112 Å². The Kier molecular flexibility index (Phi) is 39.4. The molecule has 0 spiro atoms. The first kappa shape index (κ1) is 107. The number of aromatic hydroxyl groups is 1. The number of hydrogen-bond donors (Lipinski definition) is 11. The number of halogens is 2. The number of phenolic OH excluding ortho intramolecular Hbond substituents is 1. The second-order valence-corrected chi connectivity index (χ2v) is 40.6. The molecule has 8 rings (SSSR count). The quantitative estimate of drug-likeness (QED) is 0.0336. The first-order chi connectivity index (χ1) is 62.7. The summed E-state index contributed by atoms with van der Waals surface area (Å²) in [7, 11) is -3.14. The molecule has 2 saturated heterocycles. The van der Waals surface area contributed by atoms with Gasteiger partial charge >= 0.3 is 5.97 Å². The Morgan fingerprint density at radius 1 is 0.632 bits per heavy atom. The van der Waals surface area contributed by atoms with Crippen LogP contribution in [0.5, 0.6) is 5.75 Å². The number of carboxylic acids is 1. The van der Waals surface area contributed by atoms with E-state index in [9.17, 15) is 51.3 Å². The Labute approximate surface area is 787 Å². The summed E-state index contributed by atoms with van der Waals surface area (Å²) in [5.41, 5.74) is 3.89. The van der Waals surface area contributed by atoms with E-state index in [0.29, 0.717) is 34.0 Å². The second-order valence-electron chi connectivity index (χ2n) is 34.5. The van der Waals surface area contributed by atoms with Crippen molar-refractivity contribution < 1.29 is 104 Å². The van der Waals surface area contributed by atoms with Gasteiger partial charge in [0.25, 0.3) is 0 Å². The zero-order chi connectivity index (χ0) is 98.2. The number of H-pyrrole nitrogens is 1. The molecule has 11 N–H and O–H groups in total. The maximum Gasteiger partial charge on any atom is 0.328 e. The number of likely N-dealkylation sites (N-methyl/N-ethyl adjacent to an activating group) is 4. The number of aliphatic hydroxyl groups is 1. The van der Waals surface area contributed by atoms with Crippen molar-refractivity contribution in [1.82, 2.24) is 76.6 Å². The predicted molar refractivity (Wildman–Crippen MR) is 497 cm³/mol. The highest BCUT2D eigenvalue weighted by molar-refractivity contribution is 7.90. The number of aromatic amines is 1. The number of ketones is 1. The maximum atomic E-state index is 15.9. The monoisotopic (exact) mass is 1940 g/mol. The smallest absolute Gasteiger partial charge is 0.328 e. The largest absolute Gasteiger partial charge is 0.508 e. The normalized spacial score (nSPS) is 22.2. The van der Waals surface area contributed by atoms with Crippen LogP contribution in [0, 0.1) is 17.8 Å². The number of Topliss-reactive ketones (excluding diaryl/α,β-unsaturated/α-hetero) is 1. The van der Waals surface area contributed by atoms with Crippen molar-refractivity contribution in [3.05, 3.63) is 152 Å². The summed E-state index contributed by atoms with van der Waals surface area (Å²) in [6, 6.07) is 5.53. The Hall–Kier alpha value is -11.5. The molecule has 133 heavy (non-hydrogen) atoms. The first-order valence-electron chi connectivity index (χ1n) is 43.9. The highest BCUT2D eigenvalue weighted by atomic mass is 35.5. The first-order valence-corrected chi connectivity index (χ1v) is 49.7. The molecule has 42 heteroatoms. The van der Waals surface area contributed by atoms with E-state index in [1.807, 2.05) is 0 Å². The number of fused-ring (bicyclic) bond motifs is 2. The number of hydrogen-bond acceptors (Lipinski definition) is 23. The van der Waals surface area contributed by atoms with Gasteiger partial charge in [0.2, 0.25) is 76.8 Å². The number of thiazole rings is 1. The van der Waals surface area contributed by atoms with Gasteiger partial charge in [0.1, 0.15) is 91.9 Å². The summed E-state index contributed by atoms with van der Waals surface area (Å²) in [4.78, 5) is 240. The number of aliphatic hydroxyl groups excluding tert-OH is 1. The fourth-order valence-electron chi connectivity index (χ4n) is 16.0. The van der Waals surface area contributed by atoms with Crippen molar-refractivity contribution in [3.63, 3.8) is 0 Å². The SMILES string of the molecule is CC[C@H](C)[C@@H]1NC(=O)CCCN(CC)C(=O)C[C@@H](C(=O)N(C)[C@@H](Cc2cscn2)C(=O)N(C)[C@@H](C)C(=O)N[C@@H](CO)C(=O)O)CC(=O)[C@H](CCS(C)(=O)=O)NC(=O)[C@@H](Cc2ccc(O)cc2)NC(=O)[C@H](Cc2cccc(Cl)c2)N(C)C(=O)[C@@H]2CCCN2C(=O)[C@H](CCS(C)(=O)=O)NC(=O)[C@H](Cc2cccc(Cl)c2)N(C)C(=O)[C@H](Cc2c[nH]c3ccccc23)NC(=O)[C@H](C(C)C)NC1=O. The minimum Gasteiger partial charge on any atom is -0.508 e. The van der Waals surface area contributed by atoms with E-state index in [1.54, 1.807) is 107 Å². The number of benzene rings is 4. The maximum absolute atomic E-state index is 15.9. The number of rotatable bonds is 28. The molecule has 2 aromatic heterocycles. The number of nitrogens with one attached hydrogen (secondary N) is 8. The number of phenols is 1. The number of para-hydroxylation sites is 1. The van der Waals surface area contributed by atoms with Gasteiger partial charge in [-0.25, -0.2) is 26.6 Å². The van der Waals surface area contributed by atoms with Gasteiger partial charge in [0.15, 0.2) is 5.78 Å². The van der Waals surface area contributed by atoms with Crippen molar-refractivity contribution in [2.45, 2.75) is 204 Å². The molecular formula is C91H121Cl2N15O22S3. The van der Waals surface area contributed by atoms with E-state index < -0.39 is 249 Å². The number of amides is 13. The fraction of sp³-hybridized carbons (Fsp3) is 0.516. The van der Waals surface area contributed by atoms with Crippen LogP contribution in [-0.2, 0) is 124 Å². The molecule has 37 nitrogen and oxygen atoms in total. The van der Waals surface area contributed by atoms with Gasteiger partial charge in [-0.15, -0.1) is 11.3 Å². The van der Waals surface area contributed by atoms with Crippen molar-refractivity contribution in [2.24, 2.45) is 17.8 Å². The molecule has 0 aliphatic carbocycles. The van der Waals surface area contributed by atoms with E-state index in [4.69, 9.17) is 23.2 Å². The summed E-state index contributed by atoms with van der Waals surface area (Å²) in [6.45, 7) is 8.02. The molecule has 0 unspecified atom stereocenters. The number of carboxylic acid groups (broad SMARTS) is 1. The van der Waals surface area contributed by atoms with E-state index in [0.717, 1.165) is 48.3 Å². The van der Waals surface area contributed by atoms with E-state index in [1.165, 1.54) is 81.9 Å². The highest BCUT2D eigenvalue weighted by Crippen LogP contribution is 2.29. The zero-order valence-corrected chi connectivity index (χ0v) is 80.4. The lowest BCUT2D eigenvalue weighted by Crippen LogP contribution is -2.62. The van der Waals surface area contributed by atoms with E-state index in [-0.39, 0.29) is 98.1 Å². The number of nitrogens with zero attached hydrogens (tertiary/aromatic N) is 7. The second kappa shape index (κ2) is 49.0. The molecule has 13 amide bonds. The number of aliphatic carboxylic acids is 1. The minimum absolute atomic E-state index is 0.0726. The van der Waals surface area contributed by atoms with E-state index >= 15 is 52.7 Å². The van der Waals surface area contributed by atoms with Gasteiger partial charge in [0, 0.05) is 144 Å². The van der Waals surface area contributed by atoms with Crippen LogP contribution in [0.15, 0.2) is 114 Å². The van der Waals surface area contributed by atoms with Gasteiger partial charge in [0.05, 0.1) is 41.3 Å². The number of aromatic nitrogens is 2. The Morgan fingerprint density at radius 2 is 1.21 bits per heavy atom. The highest BCUT2D eigenvalue weighted by Gasteiger charge is 2.46. The number of carbonyl (C=O) groups excluding carboxylic acids is 14. The van der Waals surface area contributed by atoms with Crippen LogP contribution in [-0.4, -0.2) is 311 Å². The molecule has 6 aromatic rings. The summed E-state index contributed by atoms with van der Waals surface area (Å²) < 4.78 is 53.1. The van der Waals surface area contributed by atoms with Crippen molar-refractivity contribution in [3.8, 4) is 5.75 Å². The summed E-state index contributed by atoms with van der Waals surface area (Å²) >= 11 is 14.3. The Bertz CT molecular complexity index is 5420. The van der Waals surface area contributed by atoms with Crippen molar-refractivity contribution >= 4 is 154 Å². The average molecular weight is 1940 g/mol. The molecule has 724 valence electrons. The zero-order valence-electron chi connectivity index (χ0n) is 76.5. The van der Waals surface area contributed by atoms with Crippen LogP contribution < -0.4 is 37.2 Å². The molecule has 4 heterocycles. The predicted octanol–water partition coefficient (Wildman–Crippen LogP) is 3.12. The molecule has 0 bridgehead atoms. The average Bonchev–Trinajstić information content (AvgIpc) is 1.75. The van der Waals surface area contributed by atoms with Crippen LogP contribution >= 0.6 is 34.5 Å². The molecule has 4 aromatic carbocycles. The van der Waals surface area contributed by atoms with Crippen molar-refractivity contribution in [2.75, 3.05) is 78.4 Å². The standard InChI is InChI=1S/C91H121Cl2N15O22S3/c1-13-53(5)79-85(119)102-78(52(3)4)84(118)99-69(44-59-48-94-65-26-16-15-25-64(59)65)87(121)104(8)72(42-56-21-17-23-60(92)39-56)82(116)97-67(34-38-133(12,129)130)88(122)108-36-19-27-71(108)89(123)105(9)73(43-57-22-18-24-61(93)40-57)83(117)98-68(41-55-29-31-63(110)32-30-55)81(115)96-66(33-37-132(11,127)128)75(111)45-58(46-77(113)107(14-2)35-20-28-76(112)101-79)86(120)106(10)74(47-62-50-131-51-95-62)90(124)103(7)54(6)80(114)100-70(49-109)91(125)126/h15-18,21-26,29-32,39-40,48,50-54,58,66-74,78-79,94,109-110H,13-14,19-20,27-28,33-38,41-47,49H2,1-12H3,(H,96,115)(H,97,116)(H,98,117)(H,99,118)(H,100,114)(H,101,112)(H,102,119)(H,125,126)/t53-,54-,58-,66-,67-,68+,69-,70-,71-,72-,73-,74-,78-,79-/m0/s1. The topological polar surface area (TPSA) is 517 Å². The summed E-state index contributed by atoms with van der Waals surface area (Å²) in [5, 5.41) is 51.3. The molecule has 2 aliphatic rings. The number of carbonyl (C=O) groups is 15. The van der Waals surface area contributed by atoms with Gasteiger partial charge in [-0.2, -0.15) is 0 Å². The van der Waals surface area contributed by atoms with Crippen molar-refractivity contribution in [1.29, 1.82) is 0 Å². The third-order valence-electron chi connectivity index (χ3n) is 24.2.